The van der Waals surface area contributed by atoms with E-state index in [1.54, 1.807) is 0 Å². The van der Waals surface area contributed by atoms with Crippen LogP contribution in [0.4, 0.5) is 0 Å². The monoisotopic (exact) mass is 265 g/mol. The fourth-order valence-electron chi connectivity index (χ4n) is 1.57. The van der Waals surface area contributed by atoms with Crippen molar-refractivity contribution >= 4 is 6.08 Å². The van der Waals surface area contributed by atoms with E-state index >= 15 is 0 Å². The van der Waals surface area contributed by atoms with Gasteiger partial charge in [-0.05, 0) is 6.07 Å². The molecule has 4 nitrogen and oxygen atoms in total. The highest BCUT2D eigenvalue weighted by Gasteiger charge is 2.03. The molecule has 0 fully saturated rings. The second-order valence-electron chi connectivity index (χ2n) is 4.00. The number of para-hydroxylation sites is 1. The van der Waals surface area contributed by atoms with E-state index in [1.807, 2.05) is 79.1 Å². The molecule has 0 saturated heterocycles. The zero-order valence-electron chi connectivity index (χ0n) is 10.9. The number of allylic oxidation sites excluding steroid dienone is 6. The van der Waals surface area contributed by atoms with Crippen LogP contribution in [0.1, 0.15) is 5.56 Å². The average Bonchev–Trinajstić information content (AvgIpc) is 2.49. The van der Waals surface area contributed by atoms with E-state index in [4.69, 9.17) is 10.1 Å². The first kappa shape index (κ1) is 13.7. The van der Waals surface area contributed by atoms with Gasteiger partial charge in [0.15, 0.2) is 11.9 Å². The lowest BCUT2D eigenvalue weighted by molar-refractivity contribution is 0.0546. The van der Waals surface area contributed by atoms with Crippen molar-refractivity contribution in [2.24, 2.45) is 0 Å². The lowest BCUT2D eigenvalue weighted by Gasteiger charge is -2.16. The van der Waals surface area contributed by atoms with Gasteiger partial charge in [-0.15, -0.1) is 0 Å². The van der Waals surface area contributed by atoms with E-state index in [0.29, 0.717) is 12.3 Å². The maximum atomic E-state index is 9.00. The quantitative estimate of drug-likeness (QED) is 0.733. The van der Waals surface area contributed by atoms with Crippen LogP contribution in [0.2, 0.25) is 0 Å². The summed E-state index contributed by atoms with van der Waals surface area (Å²) in [6.45, 7) is 0.419. The normalized spacial score (nSPS) is 15.1. The molecular formula is C16H15N3O. The minimum atomic E-state index is 0.419. The number of hydrogen-bond acceptors (Lipinski definition) is 4. The number of hydrazine groups is 1. The van der Waals surface area contributed by atoms with Gasteiger partial charge in [0.1, 0.15) is 0 Å². The standard InChI is InChI=1S/C16H15N3O/c17-14-19-13-9-5-3-1-2-4-6-10-15-11-7-8-12-16(15)20-18-19/h1-12,18H,13H2. The van der Waals surface area contributed by atoms with E-state index < -0.39 is 0 Å². The number of hydrogen-bond donors (Lipinski definition) is 1. The fraction of sp³-hybridized carbons (Fsp3) is 0.0625. The summed E-state index contributed by atoms with van der Waals surface area (Å²) in [5.41, 5.74) is 3.55. The predicted molar refractivity (Wildman–Crippen MR) is 79.0 cm³/mol. The van der Waals surface area contributed by atoms with Crippen LogP contribution < -0.4 is 10.4 Å². The molecule has 1 heterocycles. The Kier molecular flexibility index (Phi) is 5.20. The molecule has 0 aliphatic carbocycles. The Morgan fingerprint density at radius 2 is 1.80 bits per heavy atom. The highest BCUT2D eigenvalue weighted by Crippen LogP contribution is 2.18. The number of nitrogens with zero attached hydrogens (tertiary/aromatic N) is 2. The van der Waals surface area contributed by atoms with Gasteiger partial charge in [-0.25, -0.2) is 5.01 Å². The third kappa shape index (κ3) is 4.16. The van der Waals surface area contributed by atoms with Crippen molar-refractivity contribution < 1.29 is 4.84 Å². The summed E-state index contributed by atoms with van der Waals surface area (Å²) in [6.07, 6.45) is 17.3. The topological polar surface area (TPSA) is 48.3 Å². The Labute approximate surface area is 118 Å². The van der Waals surface area contributed by atoms with Crippen molar-refractivity contribution in [2.45, 2.75) is 0 Å². The first-order valence-corrected chi connectivity index (χ1v) is 6.25. The van der Waals surface area contributed by atoms with Gasteiger partial charge in [0.05, 0.1) is 6.54 Å². The van der Waals surface area contributed by atoms with Crippen molar-refractivity contribution in [3.05, 3.63) is 72.4 Å². The molecule has 4 heteroatoms. The van der Waals surface area contributed by atoms with Crippen molar-refractivity contribution in [3.8, 4) is 11.9 Å². The van der Waals surface area contributed by atoms with Crippen LogP contribution in [-0.2, 0) is 0 Å². The Morgan fingerprint density at radius 1 is 1.05 bits per heavy atom. The molecule has 0 amide bonds. The molecule has 0 atom stereocenters. The van der Waals surface area contributed by atoms with Crippen molar-refractivity contribution in [1.82, 2.24) is 10.6 Å². The van der Waals surface area contributed by atoms with Crippen molar-refractivity contribution in [3.63, 3.8) is 0 Å². The summed E-state index contributed by atoms with van der Waals surface area (Å²) >= 11 is 0. The molecule has 0 radical (unpaired) electrons. The molecule has 2 rings (SSSR count). The lowest BCUT2D eigenvalue weighted by atomic mass is 10.2. The summed E-state index contributed by atoms with van der Waals surface area (Å²) in [5, 5.41) is 10.3. The van der Waals surface area contributed by atoms with E-state index in [0.717, 1.165) is 5.56 Å². The fourth-order valence-corrected chi connectivity index (χ4v) is 1.57. The number of benzene rings is 1. The van der Waals surface area contributed by atoms with E-state index in [1.165, 1.54) is 5.01 Å². The molecule has 20 heavy (non-hydrogen) atoms. The largest absolute Gasteiger partial charge is 0.388 e. The first-order valence-electron chi connectivity index (χ1n) is 6.25. The summed E-state index contributed by atoms with van der Waals surface area (Å²) in [7, 11) is 0. The van der Waals surface area contributed by atoms with Crippen LogP contribution in [0.15, 0.2) is 66.8 Å². The minimum absolute atomic E-state index is 0.419. The van der Waals surface area contributed by atoms with Gasteiger partial charge in [-0.1, -0.05) is 72.4 Å². The second kappa shape index (κ2) is 7.62. The molecule has 1 aliphatic rings. The van der Waals surface area contributed by atoms with Gasteiger partial charge >= 0.3 is 0 Å². The number of nitrogens with one attached hydrogen (secondary N) is 1. The third-order valence-electron chi connectivity index (χ3n) is 2.56. The maximum Gasteiger partial charge on any atom is 0.198 e. The van der Waals surface area contributed by atoms with Gasteiger partial charge in [0.2, 0.25) is 0 Å². The second-order valence-corrected chi connectivity index (χ2v) is 4.00. The Balaban J connectivity index is 2.24. The number of rotatable bonds is 0. The van der Waals surface area contributed by atoms with Crippen LogP contribution in [0.25, 0.3) is 6.08 Å². The molecule has 0 unspecified atom stereocenters. The smallest absolute Gasteiger partial charge is 0.198 e. The molecule has 1 aromatic carbocycles. The Morgan fingerprint density at radius 3 is 2.65 bits per heavy atom. The van der Waals surface area contributed by atoms with Gasteiger partial charge in [-0.3, -0.25) is 0 Å². The SMILES string of the molecule is N#CN1CC=CC=CC=CC=Cc2ccccc2ON1. The van der Waals surface area contributed by atoms with E-state index in [9.17, 15) is 0 Å². The summed E-state index contributed by atoms with van der Waals surface area (Å²) in [4.78, 5) is 5.46. The van der Waals surface area contributed by atoms with Crippen LogP contribution in [0, 0.1) is 11.5 Å². The van der Waals surface area contributed by atoms with Crippen LogP contribution in [-0.4, -0.2) is 11.6 Å². The average molecular weight is 265 g/mol. The maximum absolute atomic E-state index is 9.00. The summed E-state index contributed by atoms with van der Waals surface area (Å²) in [6, 6.07) is 7.60. The van der Waals surface area contributed by atoms with Gasteiger partial charge in [0.25, 0.3) is 0 Å². The molecule has 0 bridgehead atoms. The zero-order valence-corrected chi connectivity index (χ0v) is 10.9. The molecule has 0 aromatic heterocycles. The molecular weight excluding hydrogens is 250 g/mol. The Bertz CT molecular complexity index is 594. The molecule has 1 aromatic rings. The van der Waals surface area contributed by atoms with E-state index in [2.05, 4.69) is 5.59 Å². The van der Waals surface area contributed by atoms with Gasteiger partial charge < -0.3 is 4.84 Å². The molecule has 0 saturated carbocycles. The van der Waals surface area contributed by atoms with E-state index in [-0.39, 0.29) is 0 Å². The number of fused-ring (bicyclic) bond motifs is 1. The van der Waals surface area contributed by atoms with Crippen LogP contribution in [0.3, 0.4) is 0 Å². The number of nitriles is 1. The van der Waals surface area contributed by atoms with Crippen molar-refractivity contribution in [2.75, 3.05) is 6.54 Å². The molecule has 0 spiro atoms. The highest BCUT2D eigenvalue weighted by atomic mass is 16.7. The molecule has 1 aliphatic heterocycles. The highest BCUT2D eigenvalue weighted by molar-refractivity contribution is 5.58. The third-order valence-corrected chi connectivity index (χ3v) is 2.56. The lowest BCUT2D eigenvalue weighted by Crippen LogP contribution is -2.36. The first-order chi connectivity index (χ1) is 9.90. The van der Waals surface area contributed by atoms with Crippen molar-refractivity contribution in [1.29, 1.82) is 5.26 Å². The van der Waals surface area contributed by atoms with Gasteiger partial charge in [-0.2, -0.15) is 5.26 Å². The molecule has 100 valence electrons. The minimum Gasteiger partial charge on any atom is -0.388 e. The van der Waals surface area contributed by atoms with Crippen LogP contribution >= 0.6 is 0 Å². The van der Waals surface area contributed by atoms with Gasteiger partial charge in [0, 0.05) is 5.56 Å². The predicted octanol–water partition coefficient (Wildman–Crippen LogP) is 2.96. The molecule has 1 N–H and O–H groups in total. The summed E-state index contributed by atoms with van der Waals surface area (Å²) in [5.74, 6) is 0.661. The van der Waals surface area contributed by atoms with Crippen LogP contribution in [0.5, 0.6) is 5.75 Å². The summed E-state index contributed by atoms with van der Waals surface area (Å²) < 4.78 is 0. The Hall–Kier alpha value is -2.77. The zero-order chi connectivity index (χ0) is 14.0.